The van der Waals surface area contributed by atoms with E-state index in [4.69, 9.17) is 10.5 Å². The van der Waals surface area contributed by atoms with Gasteiger partial charge in [-0.15, -0.1) is 6.58 Å². The molecule has 1 amide bonds. The smallest absolute Gasteiger partial charge is 0.236 e. The van der Waals surface area contributed by atoms with Crippen LogP contribution in [0.25, 0.3) is 0 Å². The van der Waals surface area contributed by atoms with Crippen LogP contribution in [-0.4, -0.2) is 31.7 Å². The Kier molecular flexibility index (Phi) is 10.1. The third-order valence-electron chi connectivity index (χ3n) is 2.22. The molecule has 4 heteroatoms. The maximum absolute atomic E-state index is 11.4. The number of ether oxygens (including phenoxy) is 1. The molecule has 3 N–H and O–H groups in total. The SMILES string of the molecule is C=CCCOCCNC(=O)[C@@H](N)CCCC. The molecule has 0 unspecified atom stereocenters. The summed E-state index contributed by atoms with van der Waals surface area (Å²) in [4.78, 5) is 11.4. The number of hydrogen-bond donors (Lipinski definition) is 2. The van der Waals surface area contributed by atoms with E-state index in [-0.39, 0.29) is 11.9 Å². The zero-order valence-corrected chi connectivity index (χ0v) is 10.2. The number of rotatable bonds is 10. The van der Waals surface area contributed by atoms with Crippen molar-refractivity contribution in [3.63, 3.8) is 0 Å². The molecule has 0 aliphatic rings. The molecule has 1 atom stereocenters. The van der Waals surface area contributed by atoms with Gasteiger partial charge in [-0.2, -0.15) is 0 Å². The Bertz CT molecular complexity index is 195. The van der Waals surface area contributed by atoms with Gasteiger partial charge in [0, 0.05) is 6.54 Å². The molecule has 0 aromatic rings. The van der Waals surface area contributed by atoms with E-state index in [0.29, 0.717) is 19.8 Å². The van der Waals surface area contributed by atoms with Gasteiger partial charge >= 0.3 is 0 Å². The van der Waals surface area contributed by atoms with Gasteiger partial charge in [0.15, 0.2) is 0 Å². The third-order valence-corrected chi connectivity index (χ3v) is 2.22. The van der Waals surface area contributed by atoms with Crippen molar-refractivity contribution in [2.45, 2.75) is 38.6 Å². The quantitative estimate of drug-likeness (QED) is 0.436. The summed E-state index contributed by atoms with van der Waals surface area (Å²) in [5.74, 6) is -0.0826. The lowest BCUT2D eigenvalue weighted by molar-refractivity contribution is -0.122. The summed E-state index contributed by atoms with van der Waals surface area (Å²) < 4.78 is 5.26. The molecule has 0 saturated carbocycles. The highest BCUT2D eigenvalue weighted by atomic mass is 16.5. The molecule has 0 rings (SSSR count). The summed E-state index contributed by atoms with van der Waals surface area (Å²) in [6, 6.07) is -0.381. The average molecular weight is 228 g/mol. The second-order valence-corrected chi connectivity index (χ2v) is 3.73. The number of hydrogen-bond acceptors (Lipinski definition) is 3. The maximum Gasteiger partial charge on any atom is 0.236 e. The van der Waals surface area contributed by atoms with E-state index in [2.05, 4.69) is 18.8 Å². The van der Waals surface area contributed by atoms with Gasteiger partial charge in [-0.25, -0.2) is 0 Å². The largest absolute Gasteiger partial charge is 0.379 e. The molecule has 0 spiro atoms. The average Bonchev–Trinajstić information content (AvgIpc) is 2.30. The van der Waals surface area contributed by atoms with Crippen molar-refractivity contribution in [1.82, 2.24) is 5.32 Å². The minimum absolute atomic E-state index is 0.0826. The first-order valence-corrected chi connectivity index (χ1v) is 5.94. The van der Waals surface area contributed by atoms with Crippen LogP contribution in [0.4, 0.5) is 0 Å². The van der Waals surface area contributed by atoms with Crippen LogP contribution in [0.3, 0.4) is 0 Å². The fourth-order valence-electron chi connectivity index (χ4n) is 1.20. The number of carbonyl (C=O) groups excluding carboxylic acids is 1. The molecule has 0 aliphatic carbocycles. The van der Waals surface area contributed by atoms with Crippen molar-refractivity contribution >= 4 is 5.91 Å². The maximum atomic E-state index is 11.4. The number of nitrogens with two attached hydrogens (primary N) is 1. The summed E-state index contributed by atoms with van der Waals surface area (Å²) in [6.45, 7) is 7.38. The van der Waals surface area contributed by atoms with Crippen molar-refractivity contribution in [2.24, 2.45) is 5.73 Å². The van der Waals surface area contributed by atoms with Crippen molar-refractivity contribution < 1.29 is 9.53 Å². The fraction of sp³-hybridized carbons (Fsp3) is 0.750. The minimum atomic E-state index is -0.381. The first-order valence-electron chi connectivity index (χ1n) is 5.94. The van der Waals surface area contributed by atoms with E-state index in [1.807, 2.05) is 0 Å². The van der Waals surface area contributed by atoms with E-state index < -0.39 is 0 Å². The lowest BCUT2D eigenvalue weighted by Crippen LogP contribution is -2.41. The zero-order chi connectivity index (χ0) is 12.2. The van der Waals surface area contributed by atoms with Gasteiger partial charge in [-0.1, -0.05) is 25.8 Å². The highest BCUT2D eigenvalue weighted by Crippen LogP contribution is 1.97. The van der Waals surface area contributed by atoms with Crippen LogP contribution in [0, 0.1) is 0 Å². The first kappa shape index (κ1) is 15.1. The molecule has 0 fully saturated rings. The van der Waals surface area contributed by atoms with E-state index in [9.17, 15) is 4.79 Å². The number of carbonyl (C=O) groups is 1. The molecule has 0 aromatic heterocycles. The molecule has 0 aromatic carbocycles. The molecule has 0 radical (unpaired) electrons. The Morgan fingerprint density at radius 3 is 2.94 bits per heavy atom. The summed E-state index contributed by atoms with van der Waals surface area (Å²) in [5.41, 5.74) is 5.70. The Morgan fingerprint density at radius 1 is 1.56 bits per heavy atom. The standard InChI is InChI=1S/C12H24N2O2/c1-3-5-7-11(13)12(15)14-8-10-16-9-6-4-2/h4,11H,2-3,5-10,13H2,1H3,(H,14,15)/t11-/m0/s1. The normalized spacial score (nSPS) is 12.1. The highest BCUT2D eigenvalue weighted by molar-refractivity contribution is 5.81. The van der Waals surface area contributed by atoms with Gasteiger partial charge in [-0.3, -0.25) is 4.79 Å². The fourth-order valence-corrected chi connectivity index (χ4v) is 1.20. The monoisotopic (exact) mass is 228 g/mol. The van der Waals surface area contributed by atoms with Gasteiger partial charge in [0.2, 0.25) is 5.91 Å². The predicted molar refractivity (Wildman–Crippen MR) is 66.1 cm³/mol. The van der Waals surface area contributed by atoms with Gasteiger partial charge in [0.25, 0.3) is 0 Å². The van der Waals surface area contributed by atoms with Crippen LogP contribution in [0.15, 0.2) is 12.7 Å². The second-order valence-electron chi connectivity index (χ2n) is 3.73. The van der Waals surface area contributed by atoms with Crippen molar-refractivity contribution in [3.05, 3.63) is 12.7 Å². The van der Waals surface area contributed by atoms with Gasteiger partial charge in [0.05, 0.1) is 19.3 Å². The Balaban J connectivity index is 3.38. The molecule has 0 saturated heterocycles. The van der Waals surface area contributed by atoms with Crippen LogP contribution in [0.1, 0.15) is 32.6 Å². The molecule has 0 aliphatic heterocycles. The zero-order valence-electron chi connectivity index (χ0n) is 10.2. The van der Waals surface area contributed by atoms with Gasteiger partial charge in [-0.05, 0) is 12.8 Å². The second kappa shape index (κ2) is 10.6. The summed E-state index contributed by atoms with van der Waals surface area (Å²) in [7, 11) is 0. The van der Waals surface area contributed by atoms with Crippen molar-refractivity contribution in [3.8, 4) is 0 Å². The lowest BCUT2D eigenvalue weighted by atomic mass is 10.1. The lowest BCUT2D eigenvalue weighted by Gasteiger charge is -2.11. The molecular formula is C12H24N2O2. The van der Waals surface area contributed by atoms with Gasteiger partial charge < -0.3 is 15.8 Å². The van der Waals surface area contributed by atoms with Crippen molar-refractivity contribution in [1.29, 1.82) is 0 Å². The van der Waals surface area contributed by atoms with Crippen LogP contribution in [-0.2, 0) is 9.53 Å². The van der Waals surface area contributed by atoms with Gasteiger partial charge in [0.1, 0.15) is 0 Å². The minimum Gasteiger partial charge on any atom is -0.379 e. The first-order chi connectivity index (χ1) is 7.72. The van der Waals surface area contributed by atoms with E-state index >= 15 is 0 Å². The third kappa shape index (κ3) is 8.44. The molecule has 0 bridgehead atoms. The summed E-state index contributed by atoms with van der Waals surface area (Å²) in [6.07, 6.45) is 5.44. The predicted octanol–water partition coefficient (Wildman–Crippen LogP) is 1.21. The highest BCUT2D eigenvalue weighted by Gasteiger charge is 2.11. The summed E-state index contributed by atoms with van der Waals surface area (Å²) in [5, 5.41) is 2.75. The number of unbranched alkanes of at least 4 members (excludes halogenated alkanes) is 1. The van der Waals surface area contributed by atoms with E-state index in [1.165, 1.54) is 0 Å². The Morgan fingerprint density at radius 2 is 2.31 bits per heavy atom. The van der Waals surface area contributed by atoms with E-state index in [1.54, 1.807) is 6.08 Å². The van der Waals surface area contributed by atoms with Crippen LogP contribution >= 0.6 is 0 Å². The molecular weight excluding hydrogens is 204 g/mol. The number of nitrogens with one attached hydrogen (secondary N) is 1. The topological polar surface area (TPSA) is 64.3 Å². The van der Waals surface area contributed by atoms with Crippen molar-refractivity contribution in [2.75, 3.05) is 19.8 Å². The van der Waals surface area contributed by atoms with Crippen LogP contribution in [0.2, 0.25) is 0 Å². The van der Waals surface area contributed by atoms with Crippen LogP contribution < -0.4 is 11.1 Å². The molecule has 94 valence electrons. The Hall–Kier alpha value is -0.870. The summed E-state index contributed by atoms with van der Waals surface area (Å²) >= 11 is 0. The number of amides is 1. The molecule has 4 nitrogen and oxygen atoms in total. The van der Waals surface area contributed by atoms with E-state index in [0.717, 1.165) is 25.7 Å². The Labute approximate surface area is 98.2 Å². The molecule has 16 heavy (non-hydrogen) atoms. The molecule has 0 heterocycles. The van der Waals surface area contributed by atoms with Crippen LogP contribution in [0.5, 0.6) is 0 Å².